The molecule has 0 N–H and O–H groups in total. The van der Waals surface area contributed by atoms with Crippen LogP contribution in [0.1, 0.15) is 59.8 Å². The van der Waals surface area contributed by atoms with Crippen molar-refractivity contribution in [1.82, 2.24) is 0 Å². The van der Waals surface area contributed by atoms with E-state index < -0.39 is 0 Å². The molecular formula is C13H26. The van der Waals surface area contributed by atoms with Crippen molar-refractivity contribution in [3.8, 4) is 0 Å². The van der Waals surface area contributed by atoms with Crippen LogP contribution in [0, 0.1) is 23.7 Å². The van der Waals surface area contributed by atoms with Crippen molar-refractivity contribution in [1.29, 1.82) is 0 Å². The molecule has 0 aliphatic heterocycles. The van der Waals surface area contributed by atoms with Gasteiger partial charge in [0.15, 0.2) is 0 Å². The second-order valence-electron chi connectivity index (χ2n) is 5.14. The van der Waals surface area contributed by atoms with E-state index in [1.165, 1.54) is 32.1 Å². The second-order valence-corrected chi connectivity index (χ2v) is 5.14. The zero-order valence-electron chi connectivity index (χ0n) is 9.84. The van der Waals surface area contributed by atoms with E-state index in [-0.39, 0.29) is 0 Å². The van der Waals surface area contributed by atoms with E-state index in [2.05, 4.69) is 27.7 Å². The molecule has 0 aromatic rings. The average Bonchev–Trinajstić information content (AvgIpc) is 2.83. The zero-order chi connectivity index (χ0) is 9.84. The Kier molecular flexibility index (Phi) is 4.28. The fraction of sp³-hybridized carbons (Fsp3) is 1.00. The lowest BCUT2D eigenvalue weighted by Crippen LogP contribution is -2.05. The Morgan fingerprint density at radius 1 is 1.15 bits per heavy atom. The highest BCUT2D eigenvalue weighted by Crippen LogP contribution is 2.46. The Bertz CT molecular complexity index is 139. The summed E-state index contributed by atoms with van der Waals surface area (Å²) in [6.07, 6.45) is 7.22. The van der Waals surface area contributed by atoms with E-state index in [9.17, 15) is 0 Å². The number of hydrogen-bond donors (Lipinski definition) is 0. The lowest BCUT2D eigenvalue weighted by Gasteiger charge is -2.16. The predicted octanol–water partition coefficient (Wildman–Crippen LogP) is 4.49. The molecule has 0 bridgehead atoms. The molecule has 0 radical (unpaired) electrons. The van der Waals surface area contributed by atoms with E-state index in [4.69, 9.17) is 0 Å². The van der Waals surface area contributed by atoms with E-state index in [0.717, 1.165) is 23.7 Å². The standard InChI is InChI=1S/C13H26/c1-5-10(3)7-8-12(6-2)13-9-11(13)4/h10-13H,5-9H2,1-4H3. The van der Waals surface area contributed by atoms with Crippen molar-refractivity contribution in [2.75, 3.05) is 0 Å². The number of hydrogen-bond acceptors (Lipinski definition) is 0. The van der Waals surface area contributed by atoms with E-state index in [1.54, 1.807) is 0 Å². The van der Waals surface area contributed by atoms with E-state index in [1.807, 2.05) is 0 Å². The highest BCUT2D eigenvalue weighted by atomic mass is 14.4. The van der Waals surface area contributed by atoms with Crippen LogP contribution in [0.4, 0.5) is 0 Å². The average molecular weight is 182 g/mol. The smallest absolute Gasteiger partial charge is 0.0357 e. The Hall–Kier alpha value is 0. The van der Waals surface area contributed by atoms with Crippen LogP contribution >= 0.6 is 0 Å². The van der Waals surface area contributed by atoms with Gasteiger partial charge in [-0.15, -0.1) is 0 Å². The fourth-order valence-electron chi connectivity index (χ4n) is 2.43. The van der Waals surface area contributed by atoms with Crippen LogP contribution in [0.3, 0.4) is 0 Å². The van der Waals surface area contributed by atoms with E-state index >= 15 is 0 Å². The summed E-state index contributed by atoms with van der Waals surface area (Å²) in [5, 5.41) is 0. The zero-order valence-corrected chi connectivity index (χ0v) is 9.84. The van der Waals surface area contributed by atoms with Gasteiger partial charge in [-0.25, -0.2) is 0 Å². The molecule has 1 rings (SSSR count). The molecule has 78 valence electrons. The second kappa shape index (κ2) is 5.02. The summed E-state index contributed by atoms with van der Waals surface area (Å²) < 4.78 is 0. The van der Waals surface area contributed by atoms with Gasteiger partial charge in [-0.2, -0.15) is 0 Å². The lowest BCUT2D eigenvalue weighted by molar-refractivity contribution is 0.350. The summed E-state index contributed by atoms with van der Waals surface area (Å²) in [6.45, 7) is 9.48. The van der Waals surface area contributed by atoms with Crippen LogP contribution in [0.5, 0.6) is 0 Å². The summed E-state index contributed by atoms with van der Waals surface area (Å²) >= 11 is 0. The van der Waals surface area contributed by atoms with Gasteiger partial charge >= 0.3 is 0 Å². The summed E-state index contributed by atoms with van der Waals surface area (Å²) in [6, 6.07) is 0. The summed E-state index contributed by atoms with van der Waals surface area (Å²) in [5.74, 6) is 4.13. The van der Waals surface area contributed by atoms with Gasteiger partial charge in [0.25, 0.3) is 0 Å². The maximum Gasteiger partial charge on any atom is -0.0357 e. The van der Waals surface area contributed by atoms with Gasteiger partial charge < -0.3 is 0 Å². The van der Waals surface area contributed by atoms with Crippen molar-refractivity contribution in [3.05, 3.63) is 0 Å². The first kappa shape index (κ1) is 11.1. The van der Waals surface area contributed by atoms with Gasteiger partial charge in [0.2, 0.25) is 0 Å². The van der Waals surface area contributed by atoms with Crippen LogP contribution in [0.15, 0.2) is 0 Å². The first-order valence-corrected chi connectivity index (χ1v) is 6.19. The van der Waals surface area contributed by atoms with Crippen LogP contribution in [-0.2, 0) is 0 Å². The van der Waals surface area contributed by atoms with E-state index in [0.29, 0.717) is 0 Å². The highest BCUT2D eigenvalue weighted by Gasteiger charge is 2.37. The summed E-state index contributed by atoms with van der Waals surface area (Å²) in [4.78, 5) is 0. The Morgan fingerprint density at radius 2 is 1.77 bits per heavy atom. The van der Waals surface area contributed by atoms with Gasteiger partial charge in [0, 0.05) is 0 Å². The maximum absolute atomic E-state index is 2.41. The van der Waals surface area contributed by atoms with Gasteiger partial charge in [0.1, 0.15) is 0 Å². The quantitative estimate of drug-likeness (QED) is 0.567. The molecule has 13 heavy (non-hydrogen) atoms. The summed E-state index contributed by atoms with van der Waals surface area (Å²) in [5.41, 5.74) is 0. The fourth-order valence-corrected chi connectivity index (χ4v) is 2.43. The number of rotatable bonds is 6. The van der Waals surface area contributed by atoms with Gasteiger partial charge in [-0.1, -0.05) is 47.0 Å². The molecule has 1 fully saturated rings. The Labute approximate surface area is 84.1 Å². The van der Waals surface area contributed by atoms with Crippen molar-refractivity contribution in [2.45, 2.75) is 59.8 Å². The van der Waals surface area contributed by atoms with Crippen LogP contribution in [0.25, 0.3) is 0 Å². The van der Waals surface area contributed by atoms with Gasteiger partial charge in [-0.3, -0.25) is 0 Å². The molecule has 4 atom stereocenters. The third-order valence-corrected chi connectivity index (χ3v) is 4.03. The molecule has 0 saturated heterocycles. The predicted molar refractivity (Wildman–Crippen MR) is 59.7 cm³/mol. The first-order chi connectivity index (χ1) is 6.19. The minimum Gasteiger partial charge on any atom is -0.0651 e. The topological polar surface area (TPSA) is 0 Å². The molecule has 4 unspecified atom stereocenters. The third kappa shape index (κ3) is 3.32. The highest BCUT2D eigenvalue weighted by molar-refractivity contribution is 4.87. The molecule has 0 nitrogen and oxygen atoms in total. The normalized spacial score (nSPS) is 31.4. The molecule has 0 heteroatoms. The molecule has 0 amide bonds. The minimum absolute atomic E-state index is 0.947. The van der Waals surface area contributed by atoms with Crippen molar-refractivity contribution in [2.24, 2.45) is 23.7 Å². The molecule has 0 spiro atoms. The monoisotopic (exact) mass is 182 g/mol. The molecule has 0 aromatic heterocycles. The van der Waals surface area contributed by atoms with Crippen LogP contribution < -0.4 is 0 Å². The molecule has 1 aliphatic rings. The molecule has 0 heterocycles. The molecular weight excluding hydrogens is 156 g/mol. The van der Waals surface area contributed by atoms with Gasteiger partial charge in [-0.05, 0) is 36.5 Å². The van der Waals surface area contributed by atoms with Crippen molar-refractivity contribution < 1.29 is 0 Å². The minimum atomic E-state index is 0.947. The Morgan fingerprint density at radius 3 is 2.15 bits per heavy atom. The van der Waals surface area contributed by atoms with Gasteiger partial charge in [0.05, 0.1) is 0 Å². The maximum atomic E-state index is 2.41. The van der Waals surface area contributed by atoms with Crippen molar-refractivity contribution in [3.63, 3.8) is 0 Å². The molecule has 0 aromatic carbocycles. The largest absolute Gasteiger partial charge is 0.0651 e. The van der Waals surface area contributed by atoms with Crippen LogP contribution in [-0.4, -0.2) is 0 Å². The molecule has 1 aliphatic carbocycles. The SMILES string of the molecule is CCC(C)CCC(CC)C1CC1C. The molecule has 1 saturated carbocycles. The third-order valence-electron chi connectivity index (χ3n) is 4.03. The van der Waals surface area contributed by atoms with Crippen LogP contribution in [0.2, 0.25) is 0 Å². The Balaban J connectivity index is 2.17. The van der Waals surface area contributed by atoms with Crippen molar-refractivity contribution >= 4 is 0 Å². The summed E-state index contributed by atoms with van der Waals surface area (Å²) in [7, 11) is 0. The lowest BCUT2D eigenvalue weighted by atomic mass is 9.89. The first-order valence-electron chi connectivity index (χ1n) is 6.19.